The van der Waals surface area contributed by atoms with Crippen LogP contribution in [0.2, 0.25) is 0 Å². The predicted octanol–water partition coefficient (Wildman–Crippen LogP) is 4.87. The van der Waals surface area contributed by atoms with Gasteiger partial charge in [0.25, 0.3) is 0 Å². The van der Waals surface area contributed by atoms with E-state index in [2.05, 4.69) is 13.0 Å². The average Bonchev–Trinajstić information content (AvgIpc) is 3.31. The highest BCUT2D eigenvalue weighted by Crippen LogP contribution is 2.60. The molecule has 5 rings (SSSR count). The molecule has 3 saturated carbocycles. The van der Waals surface area contributed by atoms with Gasteiger partial charge in [-0.2, -0.15) is 0 Å². The zero-order chi connectivity index (χ0) is 19.9. The van der Waals surface area contributed by atoms with E-state index in [0.717, 1.165) is 50.9 Å². The van der Waals surface area contributed by atoms with Gasteiger partial charge in [-0.3, -0.25) is 4.79 Å². The fourth-order valence-electron chi connectivity index (χ4n) is 6.71. The number of aryl methyl sites for hydroxylation is 1. The molecular weight excluding hydrogens is 352 g/mol. The number of aliphatic hydroxyl groups is 1. The Morgan fingerprint density at radius 3 is 2.50 bits per heavy atom. The summed E-state index contributed by atoms with van der Waals surface area (Å²) in [6.07, 6.45) is 10.8. The van der Waals surface area contributed by atoms with Crippen LogP contribution in [0.5, 0.6) is 5.75 Å². The van der Waals surface area contributed by atoms with Gasteiger partial charge in [0.1, 0.15) is 5.75 Å². The van der Waals surface area contributed by atoms with E-state index in [1.807, 2.05) is 12.1 Å². The average molecular weight is 387 g/mol. The van der Waals surface area contributed by atoms with Gasteiger partial charge in [0.15, 0.2) is 0 Å². The van der Waals surface area contributed by atoms with Gasteiger partial charge >= 0.3 is 5.97 Å². The van der Waals surface area contributed by atoms with Crippen molar-refractivity contribution >= 4 is 5.97 Å². The molecule has 0 saturated heterocycles. The van der Waals surface area contributed by atoms with Gasteiger partial charge in [0, 0.05) is 0 Å². The normalized spacial score (nSPS) is 36.6. The van der Waals surface area contributed by atoms with Crippen molar-refractivity contribution in [2.45, 2.75) is 83.2 Å². The lowest BCUT2D eigenvalue weighted by molar-refractivity contribution is -0.141. The lowest BCUT2D eigenvalue weighted by Crippen LogP contribution is -2.43. The molecule has 5 atom stereocenters. The summed E-state index contributed by atoms with van der Waals surface area (Å²) in [6, 6.07) is 5.96. The molecule has 0 heterocycles. The van der Waals surface area contributed by atoms with Crippen molar-refractivity contribution in [3.8, 4) is 5.75 Å². The monoisotopic (exact) mass is 386 g/mol. The molecule has 0 bridgehead atoms. The number of aliphatic hydroxyl groups excluding tert-OH is 1. The van der Waals surface area contributed by atoms with Gasteiger partial charge < -0.3 is 15.3 Å². The Morgan fingerprint density at radius 1 is 1.07 bits per heavy atom. The highest BCUT2D eigenvalue weighted by atomic mass is 16.4. The highest BCUT2D eigenvalue weighted by Gasteiger charge is 2.54. The van der Waals surface area contributed by atoms with E-state index >= 15 is 0 Å². The number of carboxylic acid groups (broad SMARTS) is 1. The van der Waals surface area contributed by atoms with Crippen LogP contribution in [-0.2, 0) is 11.2 Å². The first-order chi connectivity index (χ1) is 13.4. The number of fused-ring (bicyclic) bond motifs is 5. The molecule has 4 aliphatic carbocycles. The van der Waals surface area contributed by atoms with E-state index in [-0.39, 0.29) is 17.4 Å². The Bertz CT molecular complexity index is 723. The Balaban J connectivity index is 0.000000203. The van der Waals surface area contributed by atoms with Crippen molar-refractivity contribution in [2.24, 2.45) is 23.2 Å². The Hall–Kier alpha value is -1.55. The zero-order valence-electron chi connectivity index (χ0n) is 16.9. The van der Waals surface area contributed by atoms with Crippen LogP contribution < -0.4 is 0 Å². The number of hydrogen-bond acceptors (Lipinski definition) is 3. The molecule has 3 N–H and O–H groups in total. The van der Waals surface area contributed by atoms with Gasteiger partial charge in [-0.1, -0.05) is 25.8 Å². The van der Waals surface area contributed by atoms with Gasteiger partial charge in [-0.05, 0) is 97.8 Å². The quantitative estimate of drug-likeness (QED) is 0.643. The van der Waals surface area contributed by atoms with E-state index in [9.17, 15) is 15.0 Å². The largest absolute Gasteiger partial charge is 0.508 e. The molecule has 4 heteroatoms. The van der Waals surface area contributed by atoms with Crippen LogP contribution in [0.15, 0.2) is 18.2 Å². The summed E-state index contributed by atoms with van der Waals surface area (Å²) in [5.41, 5.74) is 2.99. The highest BCUT2D eigenvalue weighted by molar-refractivity contribution is 5.70. The van der Waals surface area contributed by atoms with Crippen molar-refractivity contribution in [3.05, 3.63) is 29.3 Å². The third kappa shape index (κ3) is 3.45. The zero-order valence-corrected chi connectivity index (χ0v) is 16.9. The molecule has 3 fully saturated rings. The second-order valence-electron chi connectivity index (χ2n) is 9.76. The number of carbonyl (C=O) groups is 1. The minimum absolute atomic E-state index is 0.0185. The molecule has 0 aliphatic heterocycles. The van der Waals surface area contributed by atoms with Gasteiger partial charge in [0.05, 0.1) is 12.0 Å². The number of phenols is 1. The Labute approximate surface area is 168 Å². The maximum absolute atomic E-state index is 10.4. The lowest BCUT2D eigenvalue weighted by Gasteiger charge is -2.50. The van der Waals surface area contributed by atoms with E-state index in [0.29, 0.717) is 17.6 Å². The summed E-state index contributed by atoms with van der Waals surface area (Å²) in [6.45, 7) is 2.32. The van der Waals surface area contributed by atoms with Crippen LogP contribution in [0.4, 0.5) is 0 Å². The number of phenolic OH excluding ortho intramolecular Hbond substituents is 1. The molecule has 28 heavy (non-hydrogen) atoms. The minimum Gasteiger partial charge on any atom is -0.508 e. The smallest absolute Gasteiger partial charge is 0.306 e. The third-order valence-corrected chi connectivity index (χ3v) is 8.36. The first kappa shape index (κ1) is 19.8. The van der Waals surface area contributed by atoms with Crippen LogP contribution in [0.1, 0.15) is 81.8 Å². The van der Waals surface area contributed by atoms with E-state index in [1.165, 1.54) is 30.4 Å². The SMILES string of the molecule is C[C@]12CC[C@@H]3c4ccc(O)cc4CC[C@H]3[C@@H]1CCC2O.O=C(O)C1CCCC1. The van der Waals surface area contributed by atoms with Crippen molar-refractivity contribution in [2.75, 3.05) is 0 Å². The molecule has 0 spiro atoms. The molecule has 4 nitrogen and oxygen atoms in total. The number of rotatable bonds is 1. The van der Waals surface area contributed by atoms with Crippen molar-refractivity contribution < 1.29 is 20.1 Å². The third-order valence-electron chi connectivity index (χ3n) is 8.36. The fourth-order valence-corrected chi connectivity index (χ4v) is 6.71. The predicted molar refractivity (Wildman–Crippen MR) is 108 cm³/mol. The Kier molecular flexibility index (Phi) is 5.43. The molecule has 1 aromatic carbocycles. The summed E-state index contributed by atoms with van der Waals surface area (Å²) in [7, 11) is 0. The molecule has 1 unspecified atom stereocenters. The van der Waals surface area contributed by atoms with Crippen LogP contribution in [0, 0.1) is 23.2 Å². The van der Waals surface area contributed by atoms with Crippen LogP contribution in [-0.4, -0.2) is 27.4 Å². The molecule has 1 aromatic rings. The second-order valence-corrected chi connectivity index (χ2v) is 9.76. The summed E-state index contributed by atoms with van der Waals surface area (Å²) < 4.78 is 0. The number of aliphatic carboxylic acids is 1. The van der Waals surface area contributed by atoms with Gasteiger partial charge in [-0.25, -0.2) is 0 Å². The first-order valence-electron chi connectivity index (χ1n) is 11.1. The summed E-state index contributed by atoms with van der Waals surface area (Å²) in [5, 5.41) is 28.5. The fraction of sp³-hybridized carbons (Fsp3) is 0.708. The topological polar surface area (TPSA) is 77.8 Å². The standard InChI is InChI=1S/C18H24O2.C6H10O2/c1-18-9-8-14-13-5-3-12(19)10-11(13)2-4-15(14)16(18)6-7-17(18)20;7-6(8)5-3-1-2-4-5/h3,5,10,14-17,19-20H,2,4,6-9H2,1H3;5H,1-4H2,(H,7,8)/t14-,15-,16+,17?,18+;/m1./s1. The molecule has 4 aliphatic rings. The van der Waals surface area contributed by atoms with Crippen molar-refractivity contribution in [3.63, 3.8) is 0 Å². The minimum atomic E-state index is -0.609. The van der Waals surface area contributed by atoms with Crippen LogP contribution in [0.25, 0.3) is 0 Å². The first-order valence-corrected chi connectivity index (χ1v) is 11.1. The number of benzene rings is 1. The Morgan fingerprint density at radius 2 is 1.82 bits per heavy atom. The van der Waals surface area contributed by atoms with Crippen molar-refractivity contribution in [1.29, 1.82) is 0 Å². The number of carboxylic acids is 1. The van der Waals surface area contributed by atoms with Gasteiger partial charge in [-0.15, -0.1) is 0 Å². The summed E-state index contributed by atoms with van der Waals surface area (Å²) in [5.74, 6) is 1.86. The number of aromatic hydroxyl groups is 1. The van der Waals surface area contributed by atoms with Crippen molar-refractivity contribution in [1.82, 2.24) is 0 Å². The lowest BCUT2D eigenvalue weighted by atomic mass is 9.55. The van der Waals surface area contributed by atoms with E-state index in [4.69, 9.17) is 5.11 Å². The number of hydrogen-bond donors (Lipinski definition) is 3. The molecule has 0 amide bonds. The van der Waals surface area contributed by atoms with E-state index < -0.39 is 5.97 Å². The maximum Gasteiger partial charge on any atom is 0.306 e. The maximum atomic E-state index is 10.4. The summed E-state index contributed by atoms with van der Waals surface area (Å²) >= 11 is 0. The van der Waals surface area contributed by atoms with Crippen LogP contribution >= 0.6 is 0 Å². The summed E-state index contributed by atoms with van der Waals surface area (Å²) in [4.78, 5) is 10.2. The molecule has 0 radical (unpaired) electrons. The second kappa shape index (κ2) is 7.70. The van der Waals surface area contributed by atoms with Crippen LogP contribution in [0.3, 0.4) is 0 Å². The molecule has 154 valence electrons. The molecular formula is C24H34O4. The van der Waals surface area contributed by atoms with E-state index in [1.54, 1.807) is 0 Å². The van der Waals surface area contributed by atoms with Gasteiger partial charge in [0.2, 0.25) is 0 Å². The molecule has 0 aromatic heterocycles.